The van der Waals surface area contributed by atoms with E-state index in [4.69, 9.17) is 0 Å². The van der Waals surface area contributed by atoms with Gasteiger partial charge in [-0.3, -0.25) is 9.78 Å². The van der Waals surface area contributed by atoms with E-state index in [1.165, 1.54) is 6.07 Å². The summed E-state index contributed by atoms with van der Waals surface area (Å²) in [7, 11) is 0. The number of carboxylic acids is 1. The quantitative estimate of drug-likeness (QED) is 0.829. The summed E-state index contributed by atoms with van der Waals surface area (Å²) in [6.07, 6.45) is 3.06. The Morgan fingerprint density at radius 3 is 3.06 bits per heavy atom. The van der Waals surface area contributed by atoms with Crippen molar-refractivity contribution in [3.63, 3.8) is 0 Å². The SMILES string of the molecule is CCc1cc(=O)[nH]c(N2CCCCC2C(=O)O)n1. The number of hydrogen-bond acceptors (Lipinski definition) is 4. The van der Waals surface area contributed by atoms with Gasteiger partial charge in [-0.25, -0.2) is 9.78 Å². The third-order valence-electron chi connectivity index (χ3n) is 3.20. The number of hydrogen-bond donors (Lipinski definition) is 2. The lowest BCUT2D eigenvalue weighted by Gasteiger charge is -2.33. The largest absolute Gasteiger partial charge is 0.480 e. The Morgan fingerprint density at radius 1 is 1.61 bits per heavy atom. The van der Waals surface area contributed by atoms with E-state index in [0.717, 1.165) is 12.8 Å². The highest BCUT2D eigenvalue weighted by Crippen LogP contribution is 2.21. The molecule has 6 nitrogen and oxygen atoms in total. The first-order valence-electron chi connectivity index (χ1n) is 6.21. The molecule has 1 aromatic heterocycles. The maximum Gasteiger partial charge on any atom is 0.326 e. The summed E-state index contributed by atoms with van der Waals surface area (Å²) in [5.41, 5.74) is 0.454. The zero-order chi connectivity index (χ0) is 13.1. The van der Waals surface area contributed by atoms with Crippen molar-refractivity contribution in [1.29, 1.82) is 0 Å². The molecule has 1 fully saturated rings. The highest BCUT2D eigenvalue weighted by atomic mass is 16.4. The van der Waals surface area contributed by atoms with Gasteiger partial charge in [0.15, 0.2) is 0 Å². The fourth-order valence-corrected chi connectivity index (χ4v) is 2.25. The van der Waals surface area contributed by atoms with E-state index < -0.39 is 12.0 Å². The Labute approximate surface area is 105 Å². The monoisotopic (exact) mass is 251 g/mol. The molecule has 1 aliphatic rings. The Morgan fingerprint density at radius 2 is 2.39 bits per heavy atom. The van der Waals surface area contributed by atoms with Crippen LogP contribution in [-0.4, -0.2) is 33.6 Å². The van der Waals surface area contributed by atoms with Crippen molar-refractivity contribution < 1.29 is 9.90 Å². The number of nitrogens with zero attached hydrogens (tertiary/aromatic N) is 2. The average molecular weight is 251 g/mol. The summed E-state index contributed by atoms with van der Waals surface area (Å²) in [5, 5.41) is 9.20. The van der Waals surface area contributed by atoms with Crippen LogP contribution in [0.5, 0.6) is 0 Å². The van der Waals surface area contributed by atoms with Gasteiger partial charge in [-0.2, -0.15) is 0 Å². The number of carboxylic acid groups (broad SMARTS) is 1. The highest BCUT2D eigenvalue weighted by molar-refractivity contribution is 5.77. The maximum atomic E-state index is 11.5. The van der Waals surface area contributed by atoms with Crippen LogP contribution in [0.3, 0.4) is 0 Å². The standard InChI is InChI=1S/C12H17N3O3/c1-2-8-7-10(16)14-12(13-8)15-6-4-3-5-9(15)11(17)18/h7,9H,2-6H2,1H3,(H,17,18)(H,13,14,16). The predicted octanol–water partition coefficient (Wildman–Crippen LogP) is 0.776. The molecule has 0 aromatic carbocycles. The number of H-pyrrole nitrogens is 1. The molecule has 0 aliphatic carbocycles. The Kier molecular flexibility index (Phi) is 3.64. The van der Waals surface area contributed by atoms with Gasteiger partial charge in [-0.05, 0) is 25.7 Å². The van der Waals surface area contributed by atoms with Crippen LogP contribution in [0.1, 0.15) is 31.9 Å². The summed E-state index contributed by atoms with van der Waals surface area (Å²) < 4.78 is 0. The van der Waals surface area contributed by atoms with E-state index in [2.05, 4.69) is 9.97 Å². The van der Waals surface area contributed by atoms with Gasteiger partial charge in [0.05, 0.1) is 0 Å². The average Bonchev–Trinajstić information content (AvgIpc) is 2.38. The normalized spacial score (nSPS) is 19.8. The zero-order valence-electron chi connectivity index (χ0n) is 10.3. The first-order valence-corrected chi connectivity index (χ1v) is 6.21. The summed E-state index contributed by atoms with van der Waals surface area (Å²) in [5.74, 6) is -0.481. The second-order valence-electron chi connectivity index (χ2n) is 4.46. The first-order chi connectivity index (χ1) is 8.61. The van der Waals surface area contributed by atoms with Crippen LogP contribution in [0.2, 0.25) is 0 Å². The summed E-state index contributed by atoms with van der Waals surface area (Å²) in [6.45, 7) is 2.53. The van der Waals surface area contributed by atoms with Gasteiger partial charge >= 0.3 is 5.97 Å². The number of aryl methyl sites for hydroxylation is 1. The van der Waals surface area contributed by atoms with Gasteiger partial charge < -0.3 is 10.0 Å². The van der Waals surface area contributed by atoms with Gasteiger partial charge in [0.25, 0.3) is 5.56 Å². The topological polar surface area (TPSA) is 86.3 Å². The number of carbonyl (C=O) groups is 1. The van der Waals surface area contributed by atoms with Crippen LogP contribution in [0, 0.1) is 0 Å². The molecule has 0 amide bonds. The lowest BCUT2D eigenvalue weighted by Crippen LogP contribution is -2.46. The van der Waals surface area contributed by atoms with Crippen LogP contribution in [0.25, 0.3) is 0 Å². The second kappa shape index (κ2) is 5.20. The van der Waals surface area contributed by atoms with E-state index in [1.54, 1.807) is 4.90 Å². The Bertz CT molecular complexity index is 498. The van der Waals surface area contributed by atoms with Gasteiger partial charge in [0.1, 0.15) is 6.04 Å². The number of aromatic amines is 1. The molecular formula is C12H17N3O3. The smallest absolute Gasteiger partial charge is 0.326 e. The third kappa shape index (κ3) is 2.52. The van der Waals surface area contributed by atoms with Crippen molar-refractivity contribution in [1.82, 2.24) is 9.97 Å². The molecule has 2 heterocycles. The van der Waals surface area contributed by atoms with E-state index in [9.17, 15) is 14.7 Å². The fourth-order valence-electron chi connectivity index (χ4n) is 2.25. The number of rotatable bonds is 3. The van der Waals surface area contributed by atoms with Crippen molar-refractivity contribution in [3.05, 3.63) is 22.1 Å². The molecule has 6 heteroatoms. The molecule has 98 valence electrons. The number of piperidine rings is 1. The minimum atomic E-state index is -0.862. The van der Waals surface area contributed by atoms with E-state index in [0.29, 0.717) is 31.0 Å². The van der Waals surface area contributed by atoms with Gasteiger partial charge in [0.2, 0.25) is 5.95 Å². The van der Waals surface area contributed by atoms with Crippen LogP contribution in [0.4, 0.5) is 5.95 Å². The zero-order valence-corrected chi connectivity index (χ0v) is 10.3. The minimum Gasteiger partial charge on any atom is -0.480 e. The van der Waals surface area contributed by atoms with Crippen molar-refractivity contribution >= 4 is 11.9 Å². The lowest BCUT2D eigenvalue weighted by molar-refractivity contribution is -0.139. The van der Waals surface area contributed by atoms with Gasteiger partial charge in [0, 0.05) is 18.3 Å². The van der Waals surface area contributed by atoms with Crippen LogP contribution >= 0.6 is 0 Å². The summed E-state index contributed by atoms with van der Waals surface area (Å²) in [4.78, 5) is 31.4. The van der Waals surface area contributed by atoms with Crippen molar-refractivity contribution in [3.8, 4) is 0 Å². The molecular weight excluding hydrogens is 234 g/mol. The van der Waals surface area contributed by atoms with Crippen LogP contribution in [0.15, 0.2) is 10.9 Å². The van der Waals surface area contributed by atoms with Crippen molar-refractivity contribution in [2.75, 3.05) is 11.4 Å². The first kappa shape index (κ1) is 12.6. The molecule has 2 rings (SSSR count). The number of aliphatic carboxylic acids is 1. The molecule has 1 atom stereocenters. The molecule has 1 unspecified atom stereocenters. The molecule has 0 bridgehead atoms. The van der Waals surface area contributed by atoms with Crippen molar-refractivity contribution in [2.24, 2.45) is 0 Å². The molecule has 2 N–H and O–H groups in total. The highest BCUT2D eigenvalue weighted by Gasteiger charge is 2.30. The van der Waals surface area contributed by atoms with E-state index >= 15 is 0 Å². The predicted molar refractivity (Wildman–Crippen MR) is 66.9 cm³/mol. The maximum absolute atomic E-state index is 11.5. The molecule has 0 radical (unpaired) electrons. The van der Waals surface area contributed by atoms with Crippen molar-refractivity contribution in [2.45, 2.75) is 38.6 Å². The molecule has 0 spiro atoms. The van der Waals surface area contributed by atoms with E-state index in [-0.39, 0.29) is 5.56 Å². The fraction of sp³-hybridized carbons (Fsp3) is 0.583. The minimum absolute atomic E-state index is 0.230. The van der Waals surface area contributed by atoms with Crippen LogP contribution in [-0.2, 0) is 11.2 Å². The Balaban J connectivity index is 2.36. The van der Waals surface area contributed by atoms with E-state index in [1.807, 2.05) is 6.92 Å². The third-order valence-corrected chi connectivity index (χ3v) is 3.20. The summed E-state index contributed by atoms with van der Waals surface area (Å²) in [6, 6.07) is 0.859. The molecule has 18 heavy (non-hydrogen) atoms. The number of aromatic nitrogens is 2. The molecule has 1 aromatic rings. The van der Waals surface area contributed by atoms with Crippen LogP contribution < -0.4 is 10.5 Å². The molecule has 1 saturated heterocycles. The number of anilines is 1. The van der Waals surface area contributed by atoms with Gasteiger partial charge in [-0.1, -0.05) is 6.92 Å². The molecule has 1 aliphatic heterocycles. The molecule has 0 saturated carbocycles. The number of nitrogens with one attached hydrogen (secondary N) is 1. The lowest BCUT2D eigenvalue weighted by atomic mass is 10.0. The second-order valence-corrected chi connectivity index (χ2v) is 4.46. The Hall–Kier alpha value is -1.85. The van der Waals surface area contributed by atoms with Gasteiger partial charge in [-0.15, -0.1) is 0 Å². The summed E-state index contributed by atoms with van der Waals surface area (Å²) >= 11 is 0.